The van der Waals surface area contributed by atoms with Crippen molar-refractivity contribution in [2.45, 2.75) is 12.5 Å². The summed E-state index contributed by atoms with van der Waals surface area (Å²) in [7, 11) is 4.71. The van der Waals surface area contributed by atoms with Crippen LogP contribution in [0.5, 0.6) is 17.2 Å². The number of hydrogen-bond acceptors (Lipinski definition) is 6. The van der Waals surface area contributed by atoms with Crippen molar-refractivity contribution in [1.82, 2.24) is 0 Å². The van der Waals surface area contributed by atoms with Crippen molar-refractivity contribution in [2.24, 2.45) is 5.16 Å². The van der Waals surface area contributed by atoms with Gasteiger partial charge >= 0.3 is 0 Å². The van der Waals surface area contributed by atoms with Gasteiger partial charge in [-0.15, -0.1) is 0 Å². The molecule has 0 bridgehead atoms. The van der Waals surface area contributed by atoms with E-state index in [9.17, 15) is 4.79 Å². The lowest BCUT2D eigenvalue weighted by Gasteiger charge is -2.12. The van der Waals surface area contributed by atoms with Crippen LogP contribution in [0.15, 0.2) is 47.6 Å². The Morgan fingerprint density at radius 3 is 2.42 bits per heavy atom. The van der Waals surface area contributed by atoms with Gasteiger partial charge in [-0.05, 0) is 42.0 Å². The van der Waals surface area contributed by atoms with Gasteiger partial charge in [0.1, 0.15) is 5.75 Å². The number of anilines is 1. The second-order valence-corrected chi connectivity index (χ2v) is 5.62. The summed E-state index contributed by atoms with van der Waals surface area (Å²) < 4.78 is 15.6. The zero-order chi connectivity index (χ0) is 18.5. The van der Waals surface area contributed by atoms with Crippen molar-refractivity contribution in [3.05, 3.63) is 48.0 Å². The molecule has 1 amide bonds. The molecule has 0 saturated heterocycles. The maximum Gasteiger partial charge on any atom is 0.268 e. The van der Waals surface area contributed by atoms with Gasteiger partial charge in [0.05, 0.1) is 27.0 Å². The topological polar surface area (TPSA) is 78.4 Å². The number of amides is 1. The van der Waals surface area contributed by atoms with Gasteiger partial charge in [-0.3, -0.25) is 4.79 Å². The molecule has 1 atom stereocenters. The van der Waals surface area contributed by atoms with Crippen molar-refractivity contribution in [2.75, 3.05) is 26.6 Å². The first-order valence-corrected chi connectivity index (χ1v) is 8.04. The first kappa shape index (κ1) is 17.6. The van der Waals surface area contributed by atoms with Crippen LogP contribution in [-0.4, -0.2) is 39.1 Å². The Bertz CT molecular complexity index is 817. The Kier molecular flexibility index (Phi) is 5.26. The zero-order valence-corrected chi connectivity index (χ0v) is 14.8. The van der Waals surface area contributed by atoms with E-state index in [2.05, 4.69) is 10.5 Å². The molecule has 0 spiro atoms. The third-order valence-electron chi connectivity index (χ3n) is 4.04. The molecule has 7 nitrogen and oxygen atoms in total. The van der Waals surface area contributed by atoms with Crippen LogP contribution in [-0.2, 0) is 9.63 Å². The normalized spacial score (nSPS) is 15.7. The minimum absolute atomic E-state index is 0.274. The van der Waals surface area contributed by atoms with Gasteiger partial charge in [0.15, 0.2) is 11.5 Å². The summed E-state index contributed by atoms with van der Waals surface area (Å²) >= 11 is 0. The number of benzene rings is 2. The molecule has 0 saturated carbocycles. The molecule has 3 rings (SSSR count). The van der Waals surface area contributed by atoms with E-state index >= 15 is 0 Å². The molecule has 0 fully saturated rings. The van der Waals surface area contributed by atoms with E-state index in [1.165, 1.54) is 0 Å². The Morgan fingerprint density at radius 2 is 1.77 bits per heavy atom. The largest absolute Gasteiger partial charge is 0.497 e. The number of nitrogens with one attached hydrogen (secondary N) is 1. The second kappa shape index (κ2) is 7.77. The molecular formula is C19H20N2O5. The highest BCUT2D eigenvalue weighted by Gasteiger charge is 2.29. The number of carbonyl (C=O) groups is 1. The van der Waals surface area contributed by atoms with Crippen LogP contribution in [0.4, 0.5) is 5.69 Å². The molecule has 1 heterocycles. The molecule has 136 valence electrons. The quantitative estimate of drug-likeness (QED) is 0.861. The number of methoxy groups -OCH3 is 3. The molecule has 7 heteroatoms. The van der Waals surface area contributed by atoms with Gasteiger partial charge in [-0.2, -0.15) is 0 Å². The predicted molar refractivity (Wildman–Crippen MR) is 97.2 cm³/mol. The third kappa shape index (κ3) is 3.72. The standard InChI is InChI=1S/C19H20N2O5/c1-23-14-7-4-12(5-8-14)15-11-18(26-21-15)19(22)20-13-6-9-16(24-2)17(10-13)25-3/h4-10,18H,11H2,1-3H3,(H,20,22)/t18-/m1/s1. The molecule has 26 heavy (non-hydrogen) atoms. The number of rotatable bonds is 6. The SMILES string of the molecule is COc1ccc(C2=NO[C@@H](C(=O)Nc3ccc(OC)c(OC)c3)C2)cc1. The molecule has 0 aromatic heterocycles. The molecule has 2 aromatic rings. The van der Waals surface area contributed by atoms with Crippen LogP contribution < -0.4 is 19.5 Å². The number of ether oxygens (including phenoxy) is 3. The van der Waals surface area contributed by atoms with Crippen molar-refractivity contribution >= 4 is 17.3 Å². The number of carbonyl (C=O) groups excluding carboxylic acids is 1. The van der Waals surface area contributed by atoms with Gasteiger partial charge in [0, 0.05) is 18.2 Å². The summed E-state index contributed by atoms with van der Waals surface area (Å²) in [5, 5.41) is 6.84. The Morgan fingerprint density at radius 1 is 1.04 bits per heavy atom. The monoisotopic (exact) mass is 356 g/mol. The highest BCUT2D eigenvalue weighted by atomic mass is 16.6. The van der Waals surface area contributed by atoms with E-state index in [4.69, 9.17) is 19.0 Å². The fourth-order valence-electron chi connectivity index (χ4n) is 2.61. The van der Waals surface area contributed by atoms with E-state index in [0.29, 0.717) is 23.6 Å². The van der Waals surface area contributed by atoms with Crippen LogP contribution >= 0.6 is 0 Å². The first-order chi connectivity index (χ1) is 12.6. The van der Waals surface area contributed by atoms with Crippen LogP contribution in [0.3, 0.4) is 0 Å². The fraction of sp³-hybridized carbons (Fsp3) is 0.263. The van der Waals surface area contributed by atoms with Gasteiger partial charge in [-0.1, -0.05) is 5.16 Å². The number of oxime groups is 1. The molecule has 0 unspecified atom stereocenters. The van der Waals surface area contributed by atoms with Gasteiger partial charge in [0.2, 0.25) is 6.10 Å². The highest BCUT2D eigenvalue weighted by molar-refractivity contribution is 6.06. The molecular weight excluding hydrogens is 336 g/mol. The van der Waals surface area contributed by atoms with E-state index in [0.717, 1.165) is 17.0 Å². The van der Waals surface area contributed by atoms with Crippen LogP contribution in [0.2, 0.25) is 0 Å². The lowest BCUT2D eigenvalue weighted by molar-refractivity contribution is -0.125. The molecule has 1 aliphatic heterocycles. The maximum atomic E-state index is 12.4. The smallest absolute Gasteiger partial charge is 0.268 e. The zero-order valence-electron chi connectivity index (χ0n) is 14.8. The van der Waals surface area contributed by atoms with Crippen LogP contribution in [0.25, 0.3) is 0 Å². The summed E-state index contributed by atoms with van der Waals surface area (Å²) in [4.78, 5) is 17.7. The molecule has 1 N–H and O–H groups in total. The predicted octanol–water partition coefficient (Wildman–Crippen LogP) is 2.84. The second-order valence-electron chi connectivity index (χ2n) is 5.62. The molecule has 2 aromatic carbocycles. The Labute approximate surface area is 151 Å². The maximum absolute atomic E-state index is 12.4. The van der Waals surface area contributed by atoms with E-state index < -0.39 is 6.10 Å². The highest BCUT2D eigenvalue weighted by Crippen LogP contribution is 2.30. The first-order valence-electron chi connectivity index (χ1n) is 8.04. The van der Waals surface area contributed by atoms with E-state index in [1.54, 1.807) is 39.5 Å². The van der Waals surface area contributed by atoms with Gasteiger partial charge in [0.25, 0.3) is 5.91 Å². The van der Waals surface area contributed by atoms with Gasteiger partial charge < -0.3 is 24.4 Å². The molecule has 0 radical (unpaired) electrons. The van der Waals surface area contributed by atoms with Crippen LogP contribution in [0, 0.1) is 0 Å². The van der Waals surface area contributed by atoms with E-state index in [-0.39, 0.29) is 5.91 Å². The lowest BCUT2D eigenvalue weighted by atomic mass is 10.0. The Balaban J connectivity index is 1.63. The summed E-state index contributed by atoms with van der Waals surface area (Å²) in [5.74, 6) is 1.61. The van der Waals surface area contributed by atoms with Crippen molar-refractivity contribution in [1.29, 1.82) is 0 Å². The number of hydrogen-bond donors (Lipinski definition) is 1. The van der Waals surface area contributed by atoms with Crippen LogP contribution in [0.1, 0.15) is 12.0 Å². The van der Waals surface area contributed by atoms with Crippen molar-refractivity contribution in [3.63, 3.8) is 0 Å². The summed E-state index contributed by atoms with van der Waals surface area (Å²) in [6.45, 7) is 0. The van der Waals surface area contributed by atoms with Crippen molar-refractivity contribution in [3.8, 4) is 17.2 Å². The average molecular weight is 356 g/mol. The summed E-state index contributed by atoms with van der Waals surface area (Å²) in [6, 6.07) is 12.6. The van der Waals surface area contributed by atoms with Gasteiger partial charge in [-0.25, -0.2) is 0 Å². The minimum Gasteiger partial charge on any atom is -0.497 e. The average Bonchev–Trinajstić information content (AvgIpc) is 3.18. The summed E-state index contributed by atoms with van der Waals surface area (Å²) in [6.07, 6.45) is -0.286. The van der Waals surface area contributed by atoms with E-state index in [1.807, 2.05) is 24.3 Å². The number of nitrogens with zero attached hydrogens (tertiary/aromatic N) is 1. The summed E-state index contributed by atoms with van der Waals surface area (Å²) in [5.41, 5.74) is 2.21. The molecule has 0 aliphatic carbocycles. The lowest BCUT2D eigenvalue weighted by Crippen LogP contribution is -2.28. The van der Waals surface area contributed by atoms with Crippen molar-refractivity contribution < 1.29 is 23.8 Å². The minimum atomic E-state index is -0.680. The third-order valence-corrected chi connectivity index (χ3v) is 4.04. The Hall–Kier alpha value is -3.22. The fourth-order valence-corrected chi connectivity index (χ4v) is 2.61. The molecule has 1 aliphatic rings.